The molecular formula is C18H20F3NO2. The van der Waals surface area contributed by atoms with Crippen LogP contribution in [-0.2, 0) is 16.1 Å². The maximum Gasteiger partial charge on any atom is 0.419 e. The minimum atomic E-state index is -4.65. The average molecular weight is 339 g/mol. The SMILES string of the molecule is C=C(C(=O)C1CC2COCC(C1)N2Cc1ccccc1)C(F)(F)F. The van der Waals surface area contributed by atoms with Crippen molar-refractivity contribution in [1.29, 1.82) is 0 Å². The van der Waals surface area contributed by atoms with Crippen LogP contribution in [0, 0.1) is 5.92 Å². The highest BCUT2D eigenvalue weighted by Gasteiger charge is 2.45. The number of hydrogen-bond acceptors (Lipinski definition) is 3. The van der Waals surface area contributed by atoms with Crippen molar-refractivity contribution in [2.24, 2.45) is 5.92 Å². The maximum atomic E-state index is 12.8. The van der Waals surface area contributed by atoms with Gasteiger partial charge in [-0.3, -0.25) is 9.69 Å². The number of carbonyl (C=O) groups excluding carboxylic acids is 1. The second-order valence-electron chi connectivity index (χ2n) is 6.51. The molecule has 6 heteroatoms. The van der Waals surface area contributed by atoms with Gasteiger partial charge in [0.2, 0.25) is 0 Å². The lowest BCUT2D eigenvalue weighted by atomic mass is 9.80. The molecule has 3 nitrogen and oxygen atoms in total. The summed E-state index contributed by atoms with van der Waals surface area (Å²) in [5.41, 5.74) is -0.0816. The van der Waals surface area contributed by atoms with Gasteiger partial charge in [0.25, 0.3) is 0 Å². The van der Waals surface area contributed by atoms with Crippen molar-refractivity contribution >= 4 is 5.78 Å². The van der Waals surface area contributed by atoms with E-state index < -0.39 is 23.5 Å². The molecule has 2 fully saturated rings. The van der Waals surface area contributed by atoms with Crippen LogP contribution in [0.25, 0.3) is 0 Å². The molecule has 2 saturated heterocycles. The summed E-state index contributed by atoms with van der Waals surface area (Å²) in [5.74, 6) is -1.48. The number of alkyl halides is 3. The monoisotopic (exact) mass is 339 g/mol. The fourth-order valence-corrected chi connectivity index (χ4v) is 3.64. The van der Waals surface area contributed by atoms with Crippen molar-refractivity contribution < 1.29 is 22.7 Å². The normalized spacial score (nSPS) is 27.7. The van der Waals surface area contributed by atoms with E-state index in [0.717, 1.165) is 12.1 Å². The molecule has 2 aliphatic heterocycles. The van der Waals surface area contributed by atoms with Crippen LogP contribution < -0.4 is 0 Å². The number of Topliss-reactive ketones (excluding diaryl/α,β-unsaturated/α-hetero) is 1. The van der Waals surface area contributed by atoms with Gasteiger partial charge in [0.15, 0.2) is 5.78 Å². The van der Waals surface area contributed by atoms with Gasteiger partial charge in [-0.2, -0.15) is 13.2 Å². The second-order valence-corrected chi connectivity index (χ2v) is 6.51. The molecule has 130 valence electrons. The standard InChI is InChI=1S/C18H20F3NO2/c1-12(18(19,20)21)17(23)14-7-15-10-24-11-16(8-14)22(15)9-13-5-3-2-4-6-13/h2-6,14-16H,1,7-11H2. The van der Waals surface area contributed by atoms with Crippen LogP contribution in [0.3, 0.4) is 0 Å². The predicted molar refractivity (Wildman–Crippen MR) is 83.3 cm³/mol. The molecule has 2 aliphatic rings. The van der Waals surface area contributed by atoms with Crippen LogP contribution >= 0.6 is 0 Å². The zero-order valence-corrected chi connectivity index (χ0v) is 13.3. The molecular weight excluding hydrogens is 319 g/mol. The number of nitrogens with zero attached hydrogens (tertiary/aromatic N) is 1. The summed E-state index contributed by atoms with van der Waals surface area (Å²) in [4.78, 5) is 14.4. The summed E-state index contributed by atoms with van der Waals surface area (Å²) in [6.07, 6.45) is -3.88. The van der Waals surface area contributed by atoms with Gasteiger partial charge in [0, 0.05) is 24.5 Å². The van der Waals surface area contributed by atoms with Gasteiger partial charge in [-0.05, 0) is 18.4 Å². The molecule has 24 heavy (non-hydrogen) atoms. The minimum Gasteiger partial charge on any atom is -0.378 e. The minimum absolute atomic E-state index is 0.0345. The first kappa shape index (κ1) is 17.2. The van der Waals surface area contributed by atoms with E-state index in [-0.39, 0.29) is 12.1 Å². The Labute approximate surface area is 139 Å². The number of ether oxygens (including phenoxy) is 1. The number of rotatable bonds is 4. The lowest BCUT2D eigenvalue weighted by Gasteiger charge is -2.48. The molecule has 0 spiro atoms. The molecule has 0 amide bonds. The van der Waals surface area contributed by atoms with Crippen LogP contribution in [0.2, 0.25) is 0 Å². The Bertz CT molecular complexity index is 600. The Balaban J connectivity index is 1.71. The Hall–Kier alpha value is -1.66. The fourth-order valence-electron chi connectivity index (χ4n) is 3.64. The number of morpholine rings is 1. The molecule has 0 saturated carbocycles. The summed E-state index contributed by atoms with van der Waals surface area (Å²) in [5, 5.41) is 0. The third kappa shape index (κ3) is 3.54. The van der Waals surface area contributed by atoms with Gasteiger partial charge in [0.1, 0.15) is 0 Å². The quantitative estimate of drug-likeness (QED) is 0.788. The summed E-state index contributed by atoms with van der Waals surface area (Å²) in [7, 11) is 0. The number of halogens is 3. The number of fused-ring (bicyclic) bond motifs is 2. The number of hydrogen-bond donors (Lipinski definition) is 0. The molecule has 1 aromatic carbocycles. The molecule has 0 aliphatic carbocycles. The van der Waals surface area contributed by atoms with Crippen LogP contribution in [-0.4, -0.2) is 42.2 Å². The number of benzene rings is 1. The average Bonchev–Trinajstić information content (AvgIpc) is 2.53. The summed E-state index contributed by atoms with van der Waals surface area (Å²) < 4.78 is 43.8. The molecule has 2 bridgehead atoms. The van der Waals surface area contributed by atoms with Crippen molar-refractivity contribution in [2.45, 2.75) is 37.6 Å². The van der Waals surface area contributed by atoms with Crippen molar-refractivity contribution in [2.75, 3.05) is 13.2 Å². The first-order chi connectivity index (χ1) is 11.4. The van der Waals surface area contributed by atoms with E-state index in [1.54, 1.807) is 0 Å². The Morgan fingerprint density at radius 2 is 1.75 bits per heavy atom. The second kappa shape index (κ2) is 6.69. The summed E-state index contributed by atoms with van der Waals surface area (Å²) in [6.45, 7) is 4.59. The van der Waals surface area contributed by atoms with E-state index in [4.69, 9.17) is 4.74 Å². The van der Waals surface area contributed by atoms with E-state index in [1.807, 2.05) is 30.3 Å². The third-order valence-corrected chi connectivity index (χ3v) is 4.89. The predicted octanol–water partition coefficient (Wildman–Crippen LogP) is 3.35. The summed E-state index contributed by atoms with van der Waals surface area (Å²) >= 11 is 0. The van der Waals surface area contributed by atoms with Crippen molar-refractivity contribution in [3.05, 3.63) is 48.0 Å². The van der Waals surface area contributed by atoms with E-state index in [2.05, 4.69) is 11.5 Å². The van der Waals surface area contributed by atoms with Crippen LogP contribution in [0.5, 0.6) is 0 Å². The van der Waals surface area contributed by atoms with Crippen molar-refractivity contribution in [3.63, 3.8) is 0 Å². The van der Waals surface area contributed by atoms with Crippen LogP contribution in [0.4, 0.5) is 13.2 Å². The number of piperidine rings is 1. The topological polar surface area (TPSA) is 29.5 Å². The van der Waals surface area contributed by atoms with E-state index in [9.17, 15) is 18.0 Å². The smallest absolute Gasteiger partial charge is 0.378 e. The van der Waals surface area contributed by atoms with Gasteiger partial charge in [0.05, 0.1) is 18.8 Å². The molecule has 2 atom stereocenters. The van der Waals surface area contributed by atoms with Gasteiger partial charge >= 0.3 is 6.18 Å². The van der Waals surface area contributed by atoms with Gasteiger partial charge in [-0.25, -0.2) is 0 Å². The number of carbonyl (C=O) groups is 1. The molecule has 3 rings (SSSR count). The highest BCUT2D eigenvalue weighted by atomic mass is 19.4. The van der Waals surface area contributed by atoms with Gasteiger partial charge < -0.3 is 4.74 Å². The molecule has 1 aromatic rings. The Morgan fingerprint density at radius 3 is 2.29 bits per heavy atom. The van der Waals surface area contributed by atoms with E-state index in [0.29, 0.717) is 26.1 Å². The van der Waals surface area contributed by atoms with Crippen molar-refractivity contribution in [1.82, 2.24) is 4.90 Å². The zero-order chi connectivity index (χ0) is 17.3. The molecule has 2 heterocycles. The lowest BCUT2D eigenvalue weighted by molar-refractivity contribution is -0.140. The van der Waals surface area contributed by atoms with Crippen molar-refractivity contribution in [3.8, 4) is 0 Å². The lowest BCUT2D eigenvalue weighted by Crippen LogP contribution is -2.57. The highest BCUT2D eigenvalue weighted by Crippen LogP contribution is 2.36. The zero-order valence-electron chi connectivity index (χ0n) is 13.3. The van der Waals surface area contributed by atoms with Gasteiger partial charge in [-0.1, -0.05) is 36.9 Å². The van der Waals surface area contributed by atoms with Crippen LogP contribution in [0.1, 0.15) is 18.4 Å². The van der Waals surface area contributed by atoms with E-state index in [1.165, 1.54) is 0 Å². The fraction of sp³-hybridized carbons (Fsp3) is 0.500. The van der Waals surface area contributed by atoms with Gasteiger partial charge in [-0.15, -0.1) is 0 Å². The largest absolute Gasteiger partial charge is 0.419 e. The Morgan fingerprint density at radius 1 is 1.17 bits per heavy atom. The first-order valence-corrected chi connectivity index (χ1v) is 8.04. The summed E-state index contributed by atoms with van der Waals surface area (Å²) in [6, 6.07) is 9.86. The van der Waals surface area contributed by atoms with Crippen LogP contribution in [0.15, 0.2) is 42.5 Å². The Kier molecular flexibility index (Phi) is 4.78. The molecule has 0 aromatic heterocycles. The maximum absolute atomic E-state index is 12.8. The third-order valence-electron chi connectivity index (χ3n) is 4.89. The molecule has 2 unspecified atom stereocenters. The van der Waals surface area contributed by atoms with E-state index >= 15 is 0 Å². The molecule has 0 N–H and O–H groups in total. The number of ketones is 1. The first-order valence-electron chi connectivity index (χ1n) is 8.04. The number of allylic oxidation sites excluding steroid dienone is 1. The highest BCUT2D eigenvalue weighted by molar-refractivity contribution is 5.97. The molecule has 0 radical (unpaired) electrons.